The molecule has 0 rings (SSSR count). The van der Waals surface area contributed by atoms with Crippen LogP contribution >= 0.6 is 0 Å². The van der Waals surface area contributed by atoms with Crippen LogP contribution in [0.3, 0.4) is 0 Å². The Kier molecular flexibility index (Phi) is 62.7. The highest BCUT2D eigenvalue weighted by Crippen LogP contribution is 2.19. The molecule has 0 saturated carbocycles. The number of allylic oxidation sites excluding steroid dienone is 2. The fraction of sp³-hybridized carbons (Fsp3) is 0.940. The van der Waals surface area contributed by atoms with Gasteiger partial charge in [0.25, 0.3) is 0 Å². The van der Waals surface area contributed by atoms with Crippen molar-refractivity contribution in [2.24, 2.45) is 0 Å². The molecule has 1 unspecified atom stereocenters. The summed E-state index contributed by atoms with van der Waals surface area (Å²) < 4.78 is 10.7. The zero-order valence-electron chi connectivity index (χ0n) is 49.2. The van der Waals surface area contributed by atoms with Gasteiger partial charge in [-0.15, -0.1) is 0 Å². The lowest BCUT2D eigenvalue weighted by atomic mass is 10.0. The SMILES string of the molecule is CCCCCCCCCC/C=C\CCCCCCCCCCCCCCCCCCCCCCCCCCCCCC(=O)OC(CO)COC(=O)CCCCCCCCCCCCCCCCCCCCC. The molecule has 0 aliphatic heterocycles. The van der Waals surface area contributed by atoms with Gasteiger partial charge in [0, 0.05) is 12.8 Å². The molecule has 1 atom stereocenters. The highest BCUT2D eigenvalue weighted by atomic mass is 16.6. The van der Waals surface area contributed by atoms with Crippen LogP contribution in [0.5, 0.6) is 0 Å². The molecule has 0 saturated heterocycles. The third kappa shape index (κ3) is 61.2. The molecule has 72 heavy (non-hydrogen) atoms. The van der Waals surface area contributed by atoms with E-state index in [1.165, 1.54) is 327 Å². The Bertz CT molecular complexity index is 1060. The van der Waals surface area contributed by atoms with Crippen LogP contribution in [-0.2, 0) is 19.1 Å². The van der Waals surface area contributed by atoms with Crippen molar-refractivity contribution in [3.8, 4) is 0 Å². The van der Waals surface area contributed by atoms with E-state index >= 15 is 0 Å². The highest BCUT2D eigenvalue weighted by Gasteiger charge is 2.16. The van der Waals surface area contributed by atoms with Crippen LogP contribution in [0.1, 0.15) is 386 Å². The van der Waals surface area contributed by atoms with Gasteiger partial charge < -0.3 is 14.6 Å². The summed E-state index contributed by atoms with van der Waals surface area (Å²) in [5, 5.41) is 9.67. The monoisotopic (exact) mass is 1010 g/mol. The molecule has 0 aliphatic carbocycles. The molecular weight excluding hydrogens is 885 g/mol. The summed E-state index contributed by atoms with van der Waals surface area (Å²) in [7, 11) is 0. The second-order valence-corrected chi connectivity index (χ2v) is 22.9. The van der Waals surface area contributed by atoms with Crippen molar-refractivity contribution in [2.75, 3.05) is 13.2 Å². The third-order valence-electron chi connectivity index (χ3n) is 15.6. The van der Waals surface area contributed by atoms with Crippen LogP contribution in [0, 0.1) is 0 Å². The Labute approximate surface area is 451 Å². The normalized spacial score (nSPS) is 12.1. The summed E-state index contributed by atoms with van der Waals surface area (Å²) in [5.74, 6) is -0.563. The molecule has 1 N–H and O–H groups in total. The lowest BCUT2D eigenvalue weighted by molar-refractivity contribution is -0.161. The van der Waals surface area contributed by atoms with Crippen molar-refractivity contribution < 1.29 is 24.2 Å². The molecule has 0 aromatic heterocycles. The average molecular weight is 1020 g/mol. The van der Waals surface area contributed by atoms with Gasteiger partial charge in [0.2, 0.25) is 0 Å². The van der Waals surface area contributed by atoms with E-state index in [2.05, 4.69) is 26.0 Å². The standard InChI is InChI=1S/C67H130O5/c1-3-5-7-9-11-13-15-17-19-21-23-24-25-26-27-28-29-30-31-32-33-34-35-36-37-38-39-40-41-42-44-46-48-50-52-54-56-58-60-62-67(70)72-65(63-68)64-71-66(69)61-59-57-55-53-51-49-47-45-43-22-20-18-16-14-12-10-8-6-4-2/h21,23,65,68H,3-20,22,24-64H2,1-2H3/b23-21-. The summed E-state index contributed by atoms with van der Waals surface area (Å²) in [6, 6.07) is 0. The smallest absolute Gasteiger partial charge is 0.306 e. The van der Waals surface area contributed by atoms with Crippen molar-refractivity contribution in [1.82, 2.24) is 0 Å². The first kappa shape index (κ1) is 70.6. The first-order valence-corrected chi connectivity index (χ1v) is 33.2. The summed E-state index contributed by atoms with van der Waals surface area (Å²) >= 11 is 0. The van der Waals surface area contributed by atoms with Crippen molar-refractivity contribution >= 4 is 11.9 Å². The molecule has 0 heterocycles. The van der Waals surface area contributed by atoms with E-state index < -0.39 is 6.10 Å². The molecule has 428 valence electrons. The Hall–Kier alpha value is -1.36. The predicted molar refractivity (Wildman–Crippen MR) is 316 cm³/mol. The largest absolute Gasteiger partial charge is 0.462 e. The minimum atomic E-state index is -0.765. The maximum absolute atomic E-state index is 12.3. The van der Waals surface area contributed by atoms with Crippen molar-refractivity contribution in [1.29, 1.82) is 0 Å². The molecule has 0 aliphatic rings. The van der Waals surface area contributed by atoms with Crippen LogP contribution in [0.4, 0.5) is 0 Å². The highest BCUT2D eigenvalue weighted by molar-refractivity contribution is 5.70. The van der Waals surface area contributed by atoms with E-state index in [1.54, 1.807) is 0 Å². The fourth-order valence-corrected chi connectivity index (χ4v) is 10.6. The number of ether oxygens (including phenoxy) is 2. The number of carbonyl (C=O) groups is 2. The van der Waals surface area contributed by atoms with Crippen LogP contribution < -0.4 is 0 Å². The van der Waals surface area contributed by atoms with Gasteiger partial charge in [0.05, 0.1) is 6.61 Å². The summed E-state index contributed by atoms with van der Waals surface area (Å²) in [5.41, 5.74) is 0. The first-order valence-electron chi connectivity index (χ1n) is 33.2. The summed E-state index contributed by atoms with van der Waals surface area (Å²) in [6.07, 6.45) is 81.1. The number of esters is 2. The maximum Gasteiger partial charge on any atom is 0.306 e. The number of hydrogen-bond acceptors (Lipinski definition) is 5. The second-order valence-electron chi connectivity index (χ2n) is 22.9. The lowest BCUT2D eigenvalue weighted by Crippen LogP contribution is -2.28. The molecule has 0 bridgehead atoms. The van der Waals surface area contributed by atoms with Crippen molar-refractivity contribution in [3.05, 3.63) is 12.2 Å². The molecular formula is C67H130O5. The van der Waals surface area contributed by atoms with Gasteiger partial charge in [-0.05, 0) is 38.5 Å². The van der Waals surface area contributed by atoms with E-state index in [1.807, 2.05) is 0 Å². The zero-order chi connectivity index (χ0) is 52.0. The first-order chi connectivity index (χ1) is 35.6. The molecule has 0 radical (unpaired) electrons. The molecule has 0 fully saturated rings. The van der Waals surface area contributed by atoms with Crippen LogP contribution in [0.25, 0.3) is 0 Å². The van der Waals surface area contributed by atoms with E-state index in [4.69, 9.17) is 9.47 Å². The van der Waals surface area contributed by atoms with E-state index in [0.717, 1.165) is 32.1 Å². The summed E-state index contributed by atoms with van der Waals surface area (Å²) in [4.78, 5) is 24.6. The van der Waals surface area contributed by atoms with Crippen molar-refractivity contribution in [3.63, 3.8) is 0 Å². The Balaban J connectivity index is 3.34. The number of carbonyl (C=O) groups excluding carboxylic acids is 2. The number of aliphatic hydroxyl groups excluding tert-OH is 1. The molecule has 0 amide bonds. The zero-order valence-corrected chi connectivity index (χ0v) is 49.2. The minimum Gasteiger partial charge on any atom is -0.462 e. The lowest BCUT2D eigenvalue weighted by Gasteiger charge is -2.15. The predicted octanol–water partition coefficient (Wildman–Crippen LogP) is 22.7. The quantitative estimate of drug-likeness (QED) is 0.0373. The van der Waals surface area contributed by atoms with Crippen LogP contribution in [0.2, 0.25) is 0 Å². The van der Waals surface area contributed by atoms with Crippen LogP contribution in [-0.4, -0.2) is 36.4 Å². The second kappa shape index (κ2) is 63.9. The summed E-state index contributed by atoms with van der Waals surface area (Å²) in [6.45, 7) is 4.21. The molecule has 0 aromatic carbocycles. The molecule has 0 aromatic rings. The van der Waals surface area contributed by atoms with Gasteiger partial charge in [0.15, 0.2) is 6.10 Å². The van der Waals surface area contributed by atoms with E-state index in [9.17, 15) is 14.7 Å². The molecule has 5 heteroatoms. The third-order valence-corrected chi connectivity index (χ3v) is 15.6. The Morgan fingerprint density at radius 1 is 0.306 bits per heavy atom. The topological polar surface area (TPSA) is 72.8 Å². The minimum absolute atomic E-state index is 0.0564. The van der Waals surface area contributed by atoms with E-state index in [0.29, 0.717) is 12.8 Å². The van der Waals surface area contributed by atoms with Crippen LogP contribution in [0.15, 0.2) is 12.2 Å². The van der Waals surface area contributed by atoms with Gasteiger partial charge in [0.1, 0.15) is 6.61 Å². The number of aliphatic hydroxyl groups is 1. The van der Waals surface area contributed by atoms with Gasteiger partial charge in [-0.25, -0.2) is 0 Å². The van der Waals surface area contributed by atoms with Crippen molar-refractivity contribution in [2.45, 2.75) is 392 Å². The fourth-order valence-electron chi connectivity index (χ4n) is 10.6. The number of hydrogen-bond donors (Lipinski definition) is 1. The molecule has 0 spiro atoms. The number of rotatable bonds is 63. The Morgan fingerprint density at radius 2 is 0.514 bits per heavy atom. The van der Waals surface area contributed by atoms with E-state index in [-0.39, 0.29) is 25.2 Å². The van der Waals surface area contributed by atoms with Gasteiger partial charge in [-0.1, -0.05) is 347 Å². The van der Waals surface area contributed by atoms with Gasteiger partial charge in [-0.3, -0.25) is 9.59 Å². The number of unbranched alkanes of at least 4 members (excludes halogenated alkanes) is 53. The molecule has 5 nitrogen and oxygen atoms in total. The van der Waals surface area contributed by atoms with Gasteiger partial charge in [-0.2, -0.15) is 0 Å². The maximum atomic E-state index is 12.3. The average Bonchev–Trinajstić information content (AvgIpc) is 3.38. The van der Waals surface area contributed by atoms with Gasteiger partial charge >= 0.3 is 11.9 Å². The Morgan fingerprint density at radius 3 is 0.750 bits per heavy atom.